The van der Waals surface area contributed by atoms with Crippen LogP contribution >= 0.6 is 11.8 Å². The first-order chi connectivity index (χ1) is 16.0. The molecule has 0 saturated carbocycles. The summed E-state index contributed by atoms with van der Waals surface area (Å²) in [5, 5.41) is 9.59. The van der Waals surface area contributed by atoms with E-state index in [4.69, 9.17) is 4.98 Å². The molecule has 0 N–H and O–H groups in total. The number of hydrogen-bond donors (Lipinski definition) is 0. The molecule has 0 radical (unpaired) electrons. The molecule has 1 aromatic carbocycles. The van der Waals surface area contributed by atoms with Gasteiger partial charge in [-0.15, -0.1) is 10.2 Å². The second-order valence-electron chi connectivity index (χ2n) is 8.13. The summed E-state index contributed by atoms with van der Waals surface area (Å²) in [6, 6.07) is 11.1. The number of fused-ring (bicyclic) bond motifs is 1. The summed E-state index contributed by atoms with van der Waals surface area (Å²) < 4.78 is 31.6. The Labute approximate surface area is 197 Å². The molecule has 0 aliphatic carbocycles. The highest BCUT2D eigenvalue weighted by molar-refractivity contribution is 7.98. The van der Waals surface area contributed by atoms with Crippen LogP contribution in [-0.4, -0.2) is 50.0 Å². The Hall–Kier alpha value is -2.69. The smallest absolute Gasteiger partial charge is 0.243 e. The molecule has 3 aromatic heterocycles. The van der Waals surface area contributed by atoms with Gasteiger partial charge in [0.2, 0.25) is 10.0 Å². The van der Waals surface area contributed by atoms with Crippen molar-refractivity contribution >= 4 is 27.4 Å². The minimum atomic E-state index is -3.48. The van der Waals surface area contributed by atoms with Gasteiger partial charge in [-0.25, -0.2) is 13.4 Å². The van der Waals surface area contributed by atoms with Crippen molar-refractivity contribution in [3.05, 3.63) is 60.0 Å². The molecule has 4 heterocycles. The Balaban J connectivity index is 1.40. The third kappa shape index (κ3) is 4.18. The van der Waals surface area contributed by atoms with Gasteiger partial charge in [0, 0.05) is 43.3 Å². The first kappa shape index (κ1) is 22.1. The number of aromatic nitrogens is 5. The third-order valence-corrected chi connectivity index (χ3v) is 8.80. The van der Waals surface area contributed by atoms with Crippen molar-refractivity contribution in [1.29, 1.82) is 0 Å². The molecule has 8 nitrogen and oxygen atoms in total. The molecule has 0 amide bonds. The monoisotopic (exact) mass is 482 g/mol. The summed E-state index contributed by atoms with van der Waals surface area (Å²) in [5.74, 6) is 1.34. The van der Waals surface area contributed by atoms with Gasteiger partial charge in [0.15, 0.2) is 11.0 Å². The molecule has 4 aromatic rings. The van der Waals surface area contributed by atoms with Crippen LogP contribution in [0.2, 0.25) is 0 Å². The van der Waals surface area contributed by atoms with Gasteiger partial charge < -0.3 is 8.97 Å². The normalized spacial score (nSPS) is 15.0. The number of imidazole rings is 1. The minimum Gasteiger partial charge on any atom is -0.307 e. The van der Waals surface area contributed by atoms with Gasteiger partial charge in [-0.1, -0.05) is 30.0 Å². The third-order valence-electron chi connectivity index (χ3n) is 5.91. The fourth-order valence-electron chi connectivity index (χ4n) is 4.18. The molecule has 1 saturated heterocycles. The Morgan fingerprint density at radius 3 is 2.67 bits per heavy atom. The van der Waals surface area contributed by atoms with Crippen LogP contribution in [0.1, 0.15) is 31.0 Å². The Bertz CT molecular complexity index is 1400. The van der Waals surface area contributed by atoms with Gasteiger partial charge in [-0.05, 0) is 50.5 Å². The maximum absolute atomic E-state index is 13.0. The van der Waals surface area contributed by atoms with Crippen molar-refractivity contribution < 1.29 is 8.42 Å². The van der Waals surface area contributed by atoms with E-state index in [9.17, 15) is 8.42 Å². The summed E-state index contributed by atoms with van der Waals surface area (Å²) >= 11 is 1.58. The van der Waals surface area contributed by atoms with E-state index in [0.717, 1.165) is 40.5 Å². The highest BCUT2D eigenvalue weighted by Crippen LogP contribution is 2.29. The van der Waals surface area contributed by atoms with Crippen molar-refractivity contribution in [2.24, 2.45) is 0 Å². The lowest BCUT2D eigenvalue weighted by atomic mass is 10.2. The minimum absolute atomic E-state index is 0.307. The Kier molecular flexibility index (Phi) is 5.98. The van der Waals surface area contributed by atoms with Gasteiger partial charge in [-0.3, -0.25) is 0 Å². The van der Waals surface area contributed by atoms with E-state index in [0.29, 0.717) is 36.1 Å². The molecule has 10 heteroatoms. The zero-order chi connectivity index (χ0) is 23.0. The maximum Gasteiger partial charge on any atom is 0.243 e. The van der Waals surface area contributed by atoms with Crippen LogP contribution in [0.25, 0.3) is 17.0 Å². The summed E-state index contributed by atoms with van der Waals surface area (Å²) in [5.41, 5.74) is 3.82. The molecule has 172 valence electrons. The highest BCUT2D eigenvalue weighted by atomic mass is 32.2. The topological polar surface area (TPSA) is 85.4 Å². The number of sulfonamides is 1. The highest BCUT2D eigenvalue weighted by Gasteiger charge is 2.27. The van der Waals surface area contributed by atoms with Crippen LogP contribution in [0.15, 0.2) is 58.8 Å². The Morgan fingerprint density at radius 1 is 1.09 bits per heavy atom. The standard InChI is InChI=1S/C23H26N6O2S2/c1-3-29-22(18-9-6-10-20(14-18)33(30,31)28-12-4-5-13-28)25-26-23(29)32-16-19-15-27-11-7-8-17(2)21(27)24-19/h6-11,14-15H,3-5,12-13,16H2,1-2H3. The molecule has 0 bridgehead atoms. The Morgan fingerprint density at radius 2 is 1.91 bits per heavy atom. The molecule has 1 fully saturated rings. The van der Waals surface area contributed by atoms with Crippen molar-refractivity contribution in [3.8, 4) is 11.4 Å². The predicted octanol–water partition coefficient (Wildman–Crippen LogP) is 4.00. The summed E-state index contributed by atoms with van der Waals surface area (Å²) in [7, 11) is -3.48. The lowest BCUT2D eigenvalue weighted by Gasteiger charge is -2.16. The number of thioether (sulfide) groups is 1. The average Bonchev–Trinajstić information content (AvgIpc) is 3.57. The molecule has 1 aliphatic rings. The van der Waals surface area contributed by atoms with Gasteiger partial charge in [-0.2, -0.15) is 4.31 Å². The fraction of sp³-hybridized carbons (Fsp3) is 0.348. The van der Waals surface area contributed by atoms with Crippen LogP contribution in [-0.2, 0) is 22.3 Å². The van der Waals surface area contributed by atoms with Crippen molar-refractivity contribution in [2.45, 2.75) is 49.0 Å². The average molecular weight is 483 g/mol. The first-order valence-corrected chi connectivity index (χ1v) is 13.5. The number of nitrogens with zero attached hydrogens (tertiary/aromatic N) is 6. The van der Waals surface area contributed by atoms with E-state index in [1.165, 1.54) is 0 Å². The van der Waals surface area contributed by atoms with E-state index >= 15 is 0 Å². The second-order valence-corrected chi connectivity index (χ2v) is 11.0. The quantitative estimate of drug-likeness (QED) is 0.370. The lowest BCUT2D eigenvalue weighted by molar-refractivity contribution is 0.477. The summed E-state index contributed by atoms with van der Waals surface area (Å²) in [6.45, 7) is 5.94. The van der Waals surface area contributed by atoms with Gasteiger partial charge >= 0.3 is 0 Å². The first-order valence-electron chi connectivity index (χ1n) is 11.1. The molecular formula is C23H26N6O2S2. The van der Waals surface area contributed by atoms with Gasteiger partial charge in [0.05, 0.1) is 10.6 Å². The van der Waals surface area contributed by atoms with Gasteiger partial charge in [0.25, 0.3) is 0 Å². The van der Waals surface area contributed by atoms with Crippen LogP contribution in [0.4, 0.5) is 0 Å². The van der Waals surface area contributed by atoms with E-state index in [1.54, 1.807) is 34.3 Å². The predicted molar refractivity (Wildman–Crippen MR) is 129 cm³/mol. The lowest BCUT2D eigenvalue weighted by Crippen LogP contribution is -2.27. The second kappa shape index (κ2) is 8.92. The number of rotatable bonds is 7. The zero-order valence-electron chi connectivity index (χ0n) is 18.7. The summed E-state index contributed by atoms with van der Waals surface area (Å²) in [4.78, 5) is 5.04. The van der Waals surface area contributed by atoms with E-state index in [1.807, 2.05) is 40.4 Å². The number of pyridine rings is 1. The van der Waals surface area contributed by atoms with Crippen LogP contribution in [0.3, 0.4) is 0 Å². The van der Waals surface area contributed by atoms with Gasteiger partial charge in [0.1, 0.15) is 5.65 Å². The molecule has 0 unspecified atom stereocenters. The molecule has 33 heavy (non-hydrogen) atoms. The zero-order valence-corrected chi connectivity index (χ0v) is 20.3. The van der Waals surface area contributed by atoms with E-state index < -0.39 is 10.0 Å². The van der Waals surface area contributed by atoms with Crippen molar-refractivity contribution in [2.75, 3.05) is 13.1 Å². The molecular weight excluding hydrogens is 456 g/mol. The van der Waals surface area contributed by atoms with Crippen LogP contribution in [0, 0.1) is 6.92 Å². The fourth-order valence-corrected chi connectivity index (χ4v) is 6.63. The van der Waals surface area contributed by atoms with Crippen LogP contribution < -0.4 is 0 Å². The van der Waals surface area contributed by atoms with Crippen molar-refractivity contribution in [3.63, 3.8) is 0 Å². The van der Waals surface area contributed by atoms with Crippen molar-refractivity contribution in [1.82, 2.24) is 28.5 Å². The van der Waals surface area contributed by atoms with E-state index in [2.05, 4.69) is 23.2 Å². The number of benzene rings is 1. The SMILES string of the molecule is CCn1c(SCc2cn3cccc(C)c3n2)nnc1-c1cccc(S(=O)(=O)N2CCCC2)c1. The maximum atomic E-state index is 13.0. The molecule has 1 aliphatic heterocycles. The van der Waals surface area contributed by atoms with Crippen LogP contribution in [0.5, 0.6) is 0 Å². The number of hydrogen-bond acceptors (Lipinski definition) is 6. The van der Waals surface area contributed by atoms with E-state index in [-0.39, 0.29) is 0 Å². The molecule has 0 atom stereocenters. The number of aryl methyl sites for hydroxylation is 1. The largest absolute Gasteiger partial charge is 0.307 e. The molecule has 0 spiro atoms. The molecule has 5 rings (SSSR count). The summed E-state index contributed by atoms with van der Waals surface area (Å²) in [6.07, 6.45) is 5.86.